The molecule has 2 aromatic rings. The van der Waals surface area contributed by atoms with Crippen molar-refractivity contribution in [3.63, 3.8) is 0 Å². The Morgan fingerprint density at radius 3 is 2.43 bits per heavy atom. The van der Waals surface area contributed by atoms with E-state index in [1.54, 1.807) is 7.11 Å². The van der Waals surface area contributed by atoms with E-state index >= 15 is 0 Å². The molecule has 1 aliphatic heterocycles. The van der Waals surface area contributed by atoms with Gasteiger partial charge in [0.1, 0.15) is 5.82 Å². The standard InChI is InChI=1S/C24H34FN3O2/c1-24(2)18-27(17-19-5-8-21(25)9-6-19)12-13-28(24)11-4-14-30-23-15-20(16-26)7-10-22(23)29-3/h5-10,15H,4,11-14,16-18,26H2,1-3H3. The first-order valence-electron chi connectivity index (χ1n) is 10.6. The van der Waals surface area contributed by atoms with Crippen molar-refractivity contribution in [2.24, 2.45) is 5.73 Å². The highest BCUT2D eigenvalue weighted by atomic mass is 19.1. The summed E-state index contributed by atoms with van der Waals surface area (Å²) >= 11 is 0. The molecule has 0 unspecified atom stereocenters. The third-order valence-electron chi connectivity index (χ3n) is 5.77. The van der Waals surface area contributed by atoms with Gasteiger partial charge in [-0.2, -0.15) is 0 Å². The Balaban J connectivity index is 1.47. The number of benzene rings is 2. The van der Waals surface area contributed by atoms with Crippen molar-refractivity contribution < 1.29 is 13.9 Å². The normalized spacial score (nSPS) is 17.1. The zero-order valence-corrected chi connectivity index (χ0v) is 18.4. The minimum Gasteiger partial charge on any atom is -0.493 e. The van der Waals surface area contributed by atoms with E-state index in [1.807, 2.05) is 30.3 Å². The minimum atomic E-state index is -0.182. The SMILES string of the molecule is COc1ccc(CN)cc1OCCCN1CCN(Cc2ccc(F)cc2)CC1(C)C. The van der Waals surface area contributed by atoms with E-state index in [9.17, 15) is 4.39 Å². The smallest absolute Gasteiger partial charge is 0.161 e. The monoisotopic (exact) mass is 415 g/mol. The molecule has 0 atom stereocenters. The third-order valence-corrected chi connectivity index (χ3v) is 5.77. The summed E-state index contributed by atoms with van der Waals surface area (Å²) < 4.78 is 24.5. The molecule has 30 heavy (non-hydrogen) atoms. The number of nitrogens with two attached hydrogens (primary N) is 1. The number of methoxy groups -OCH3 is 1. The summed E-state index contributed by atoms with van der Waals surface area (Å²) in [6.45, 7) is 10.5. The third kappa shape index (κ3) is 5.94. The predicted molar refractivity (Wildman–Crippen MR) is 118 cm³/mol. The van der Waals surface area contributed by atoms with Crippen LogP contribution in [0.2, 0.25) is 0 Å². The van der Waals surface area contributed by atoms with Gasteiger partial charge in [0.25, 0.3) is 0 Å². The molecule has 0 saturated carbocycles. The van der Waals surface area contributed by atoms with Gasteiger partial charge in [-0.15, -0.1) is 0 Å². The maximum atomic E-state index is 13.1. The van der Waals surface area contributed by atoms with Crippen LogP contribution in [0.3, 0.4) is 0 Å². The molecule has 164 valence electrons. The van der Waals surface area contributed by atoms with Crippen molar-refractivity contribution in [3.8, 4) is 11.5 Å². The Morgan fingerprint density at radius 1 is 1.03 bits per heavy atom. The van der Waals surface area contributed by atoms with Crippen LogP contribution in [0.5, 0.6) is 11.5 Å². The van der Waals surface area contributed by atoms with Gasteiger partial charge in [0.2, 0.25) is 0 Å². The molecule has 1 fully saturated rings. The summed E-state index contributed by atoms with van der Waals surface area (Å²) in [5.74, 6) is 1.31. The molecule has 0 amide bonds. The second kappa shape index (κ2) is 10.2. The van der Waals surface area contributed by atoms with Crippen molar-refractivity contribution in [3.05, 3.63) is 59.4 Å². The van der Waals surface area contributed by atoms with E-state index in [0.29, 0.717) is 13.2 Å². The van der Waals surface area contributed by atoms with Gasteiger partial charge in [-0.05, 0) is 55.7 Å². The van der Waals surface area contributed by atoms with Crippen molar-refractivity contribution >= 4 is 0 Å². The van der Waals surface area contributed by atoms with Gasteiger partial charge in [0.15, 0.2) is 11.5 Å². The quantitative estimate of drug-likeness (QED) is 0.634. The maximum Gasteiger partial charge on any atom is 0.161 e. The van der Waals surface area contributed by atoms with Gasteiger partial charge in [0, 0.05) is 44.8 Å². The van der Waals surface area contributed by atoms with Crippen LogP contribution in [-0.2, 0) is 13.1 Å². The lowest BCUT2D eigenvalue weighted by Crippen LogP contribution is -2.59. The Morgan fingerprint density at radius 2 is 1.77 bits per heavy atom. The molecule has 1 saturated heterocycles. The minimum absolute atomic E-state index is 0.0788. The van der Waals surface area contributed by atoms with E-state index in [4.69, 9.17) is 15.2 Å². The van der Waals surface area contributed by atoms with E-state index in [1.165, 1.54) is 12.1 Å². The van der Waals surface area contributed by atoms with E-state index in [2.05, 4.69) is 23.6 Å². The molecule has 0 spiro atoms. The van der Waals surface area contributed by atoms with E-state index in [0.717, 1.165) is 61.8 Å². The number of hydrogen-bond donors (Lipinski definition) is 1. The summed E-state index contributed by atoms with van der Waals surface area (Å²) in [6.07, 6.45) is 0.942. The zero-order chi connectivity index (χ0) is 21.6. The molecule has 6 heteroatoms. The predicted octanol–water partition coefficient (Wildman–Crippen LogP) is 3.66. The highest BCUT2D eigenvalue weighted by Crippen LogP contribution is 2.28. The number of ether oxygens (including phenoxy) is 2. The maximum absolute atomic E-state index is 13.1. The first-order valence-corrected chi connectivity index (χ1v) is 10.6. The summed E-state index contributed by atoms with van der Waals surface area (Å²) in [5.41, 5.74) is 8.00. The topological polar surface area (TPSA) is 51.0 Å². The zero-order valence-electron chi connectivity index (χ0n) is 18.4. The van der Waals surface area contributed by atoms with Gasteiger partial charge in [-0.25, -0.2) is 4.39 Å². The molecule has 0 bridgehead atoms. The van der Waals surface area contributed by atoms with E-state index < -0.39 is 0 Å². The van der Waals surface area contributed by atoms with Crippen molar-refractivity contribution in [2.45, 2.75) is 38.9 Å². The second-order valence-electron chi connectivity index (χ2n) is 8.53. The first-order chi connectivity index (χ1) is 14.4. The molecule has 5 nitrogen and oxygen atoms in total. The molecule has 1 aliphatic rings. The highest BCUT2D eigenvalue weighted by Gasteiger charge is 2.33. The van der Waals surface area contributed by atoms with Gasteiger partial charge >= 0.3 is 0 Å². The number of nitrogens with zero attached hydrogens (tertiary/aromatic N) is 2. The number of halogens is 1. The number of piperazine rings is 1. The average Bonchev–Trinajstić information content (AvgIpc) is 2.73. The average molecular weight is 416 g/mol. The molecule has 3 rings (SSSR count). The van der Waals surface area contributed by atoms with Crippen LogP contribution in [0.1, 0.15) is 31.4 Å². The van der Waals surface area contributed by atoms with Crippen LogP contribution in [-0.4, -0.2) is 55.2 Å². The fourth-order valence-corrected chi connectivity index (χ4v) is 4.09. The first kappa shape index (κ1) is 22.5. The fourth-order valence-electron chi connectivity index (χ4n) is 4.09. The van der Waals surface area contributed by atoms with Crippen LogP contribution >= 0.6 is 0 Å². The fraction of sp³-hybridized carbons (Fsp3) is 0.500. The summed E-state index contributed by atoms with van der Waals surface area (Å²) in [6, 6.07) is 12.6. The lowest BCUT2D eigenvalue weighted by molar-refractivity contribution is 0.0134. The van der Waals surface area contributed by atoms with Gasteiger partial charge in [0.05, 0.1) is 13.7 Å². The Labute approximate surface area is 179 Å². The molecular weight excluding hydrogens is 381 g/mol. The van der Waals surface area contributed by atoms with Crippen molar-refractivity contribution in [1.82, 2.24) is 9.80 Å². The van der Waals surface area contributed by atoms with Crippen LogP contribution in [0.4, 0.5) is 4.39 Å². The number of hydrogen-bond acceptors (Lipinski definition) is 5. The van der Waals surface area contributed by atoms with Crippen LogP contribution in [0.15, 0.2) is 42.5 Å². The van der Waals surface area contributed by atoms with Gasteiger partial charge in [-0.1, -0.05) is 18.2 Å². The molecule has 0 radical (unpaired) electrons. The largest absolute Gasteiger partial charge is 0.493 e. The molecule has 0 aromatic heterocycles. The summed E-state index contributed by atoms with van der Waals surface area (Å²) in [4.78, 5) is 4.98. The molecular formula is C24H34FN3O2. The molecule has 0 aliphatic carbocycles. The van der Waals surface area contributed by atoms with Crippen LogP contribution < -0.4 is 15.2 Å². The molecule has 2 aromatic carbocycles. The molecule has 2 N–H and O–H groups in total. The van der Waals surface area contributed by atoms with Gasteiger partial charge in [-0.3, -0.25) is 9.80 Å². The lowest BCUT2D eigenvalue weighted by atomic mass is 9.98. The number of rotatable bonds is 9. The Hall–Kier alpha value is -2.15. The van der Waals surface area contributed by atoms with Crippen molar-refractivity contribution in [2.75, 3.05) is 39.9 Å². The second-order valence-corrected chi connectivity index (χ2v) is 8.53. The summed E-state index contributed by atoms with van der Waals surface area (Å²) in [7, 11) is 1.65. The Bertz CT molecular complexity index is 811. The van der Waals surface area contributed by atoms with Crippen LogP contribution in [0, 0.1) is 5.82 Å². The summed E-state index contributed by atoms with van der Waals surface area (Å²) in [5, 5.41) is 0. The van der Waals surface area contributed by atoms with Crippen LogP contribution in [0.25, 0.3) is 0 Å². The highest BCUT2D eigenvalue weighted by molar-refractivity contribution is 5.42. The Kier molecular flexibility index (Phi) is 7.69. The lowest BCUT2D eigenvalue weighted by Gasteiger charge is -2.47. The van der Waals surface area contributed by atoms with Gasteiger partial charge < -0.3 is 15.2 Å². The van der Waals surface area contributed by atoms with Crippen molar-refractivity contribution in [1.29, 1.82) is 0 Å². The molecule has 1 heterocycles. The van der Waals surface area contributed by atoms with E-state index in [-0.39, 0.29) is 11.4 Å².